The summed E-state index contributed by atoms with van der Waals surface area (Å²) in [6.45, 7) is 6.94. The Balaban J connectivity index is 2.04. The van der Waals surface area contributed by atoms with Gasteiger partial charge in [-0.25, -0.2) is 5.01 Å². The minimum absolute atomic E-state index is 0.903. The van der Waals surface area contributed by atoms with Crippen molar-refractivity contribution in [3.63, 3.8) is 0 Å². The van der Waals surface area contributed by atoms with Crippen LogP contribution in [0.15, 0.2) is 12.7 Å². The van der Waals surface area contributed by atoms with Crippen molar-refractivity contribution in [1.82, 2.24) is 10.4 Å². The van der Waals surface area contributed by atoms with Crippen LogP contribution < -0.4 is 5.43 Å². The Morgan fingerprint density at radius 2 is 2.11 bits per heavy atom. The number of nitrogens with one attached hydrogen (secondary N) is 1. The van der Waals surface area contributed by atoms with Crippen LogP contribution in [0.25, 0.3) is 0 Å². The fourth-order valence-corrected chi connectivity index (χ4v) is 1.07. The Kier molecular flexibility index (Phi) is 2.74. The molecule has 0 amide bonds. The highest BCUT2D eigenvalue weighted by atomic mass is 15.5. The minimum atomic E-state index is 0.903. The van der Waals surface area contributed by atoms with Crippen LogP contribution >= 0.6 is 0 Å². The quantitative estimate of drug-likeness (QED) is 0.562. The second-order valence-corrected chi connectivity index (χ2v) is 2.35. The second-order valence-electron chi connectivity index (χ2n) is 2.35. The van der Waals surface area contributed by atoms with E-state index in [-0.39, 0.29) is 0 Å². The second kappa shape index (κ2) is 3.64. The predicted molar refractivity (Wildman–Crippen MR) is 39.0 cm³/mol. The van der Waals surface area contributed by atoms with E-state index < -0.39 is 0 Å². The normalized spacial score (nSPS) is 20.4. The van der Waals surface area contributed by atoms with Crippen LogP contribution in [-0.2, 0) is 0 Å². The molecule has 0 aromatic heterocycles. The van der Waals surface area contributed by atoms with Gasteiger partial charge in [0.05, 0.1) is 0 Å². The Morgan fingerprint density at radius 1 is 1.44 bits per heavy atom. The van der Waals surface area contributed by atoms with Crippen molar-refractivity contribution in [2.75, 3.05) is 19.6 Å². The van der Waals surface area contributed by atoms with Gasteiger partial charge in [-0.05, 0) is 12.8 Å². The van der Waals surface area contributed by atoms with Gasteiger partial charge in [-0.15, -0.1) is 6.58 Å². The lowest BCUT2D eigenvalue weighted by atomic mass is 10.4. The Bertz CT molecular complexity index is 84.9. The third-order valence-corrected chi connectivity index (χ3v) is 1.57. The van der Waals surface area contributed by atoms with E-state index in [0.717, 1.165) is 6.54 Å². The Morgan fingerprint density at radius 3 is 2.67 bits per heavy atom. The summed E-state index contributed by atoms with van der Waals surface area (Å²) in [6, 6.07) is 0. The highest BCUT2D eigenvalue weighted by Gasteiger charge is 2.08. The monoisotopic (exact) mass is 126 g/mol. The molecule has 0 bridgehead atoms. The zero-order chi connectivity index (χ0) is 6.53. The zero-order valence-corrected chi connectivity index (χ0v) is 5.77. The number of nitrogens with zero attached hydrogens (tertiary/aromatic N) is 1. The van der Waals surface area contributed by atoms with E-state index in [2.05, 4.69) is 17.0 Å². The summed E-state index contributed by atoms with van der Waals surface area (Å²) in [5.74, 6) is 0. The molecule has 1 N–H and O–H groups in total. The van der Waals surface area contributed by atoms with Crippen molar-refractivity contribution in [3.05, 3.63) is 12.7 Å². The summed E-state index contributed by atoms with van der Waals surface area (Å²) in [5.41, 5.74) is 3.25. The summed E-state index contributed by atoms with van der Waals surface area (Å²) in [4.78, 5) is 0. The molecular weight excluding hydrogens is 112 g/mol. The number of hydrogen-bond donors (Lipinski definition) is 1. The lowest BCUT2D eigenvalue weighted by Crippen LogP contribution is -2.35. The molecule has 0 spiro atoms. The van der Waals surface area contributed by atoms with Gasteiger partial charge in [0.15, 0.2) is 0 Å². The fourth-order valence-electron chi connectivity index (χ4n) is 1.07. The fraction of sp³-hybridized carbons (Fsp3) is 0.714. The van der Waals surface area contributed by atoms with Crippen LogP contribution in [-0.4, -0.2) is 24.6 Å². The Labute approximate surface area is 56.5 Å². The molecule has 0 saturated carbocycles. The van der Waals surface area contributed by atoms with E-state index in [1.807, 2.05) is 6.08 Å². The largest absolute Gasteiger partial charge is 0.251 e. The van der Waals surface area contributed by atoms with E-state index >= 15 is 0 Å². The van der Waals surface area contributed by atoms with Gasteiger partial charge in [0.1, 0.15) is 0 Å². The van der Waals surface area contributed by atoms with Crippen molar-refractivity contribution in [3.8, 4) is 0 Å². The smallest absolute Gasteiger partial charge is 0.0280 e. The van der Waals surface area contributed by atoms with Crippen molar-refractivity contribution in [2.24, 2.45) is 0 Å². The Hall–Kier alpha value is -0.340. The molecule has 9 heavy (non-hydrogen) atoms. The third-order valence-electron chi connectivity index (χ3n) is 1.57. The van der Waals surface area contributed by atoms with E-state index in [9.17, 15) is 0 Å². The zero-order valence-electron chi connectivity index (χ0n) is 5.77. The molecule has 1 saturated heterocycles. The molecule has 1 aliphatic heterocycles. The first-order chi connectivity index (χ1) is 4.43. The molecule has 0 radical (unpaired) electrons. The molecule has 2 heteroatoms. The summed E-state index contributed by atoms with van der Waals surface area (Å²) in [5, 5.41) is 2.25. The summed E-state index contributed by atoms with van der Waals surface area (Å²) >= 11 is 0. The highest BCUT2D eigenvalue weighted by molar-refractivity contribution is 4.70. The van der Waals surface area contributed by atoms with Crippen LogP contribution in [0.5, 0.6) is 0 Å². The summed E-state index contributed by atoms with van der Waals surface area (Å²) in [6.07, 6.45) is 4.56. The molecule has 0 aromatic carbocycles. The van der Waals surface area contributed by atoms with Crippen molar-refractivity contribution in [1.29, 1.82) is 0 Å². The molecule has 1 heterocycles. The maximum atomic E-state index is 3.63. The van der Waals surface area contributed by atoms with Gasteiger partial charge in [-0.1, -0.05) is 6.08 Å². The highest BCUT2D eigenvalue weighted by Crippen LogP contribution is 2.02. The molecule has 52 valence electrons. The number of hydrogen-bond acceptors (Lipinski definition) is 2. The molecule has 0 unspecified atom stereocenters. The number of rotatable bonds is 3. The first-order valence-electron chi connectivity index (χ1n) is 3.53. The minimum Gasteiger partial charge on any atom is -0.251 e. The molecule has 1 rings (SSSR count). The topological polar surface area (TPSA) is 15.3 Å². The van der Waals surface area contributed by atoms with Crippen LogP contribution in [0.4, 0.5) is 0 Å². The average Bonchev–Trinajstić information content (AvgIpc) is 2.34. The first-order valence-corrected chi connectivity index (χ1v) is 3.53. The van der Waals surface area contributed by atoms with Gasteiger partial charge >= 0.3 is 0 Å². The van der Waals surface area contributed by atoms with Gasteiger partial charge in [0.25, 0.3) is 0 Å². The van der Waals surface area contributed by atoms with Gasteiger partial charge in [0, 0.05) is 19.6 Å². The lowest BCUT2D eigenvalue weighted by molar-refractivity contribution is 0.249. The van der Waals surface area contributed by atoms with Gasteiger partial charge in [0.2, 0.25) is 0 Å². The third kappa shape index (κ3) is 2.16. The van der Waals surface area contributed by atoms with Gasteiger partial charge in [-0.2, -0.15) is 0 Å². The molecule has 1 fully saturated rings. The van der Waals surface area contributed by atoms with E-state index in [1.165, 1.54) is 25.9 Å². The van der Waals surface area contributed by atoms with E-state index in [0.29, 0.717) is 0 Å². The first kappa shape index (κ1) is 6.78. The molecule has 0 aromatic rings. The lowest BCUT2D eigenvalue weighted by Gasteiger charge is -2.13. The van der Waals surface area contributed by atoms with Crippen LogP contribution in [0, 0.1) is 0 Å². The molecular formula is C7H14N2. The van der Waals surface area contributed by atoms with Crippen LogP contribution in [0.2, 0.25) is 0 Å². The van der Waals surface area contributed by atoms with Gasteiger partial charge in [-0.3, -0.25) is 5.43 Å². The van der Waals surface area contributed by atoms with E-state index in [1.54, 1.807) is 0 Å². The van der Waals surface area contributed by atoms with Crippen molar-refractivity contribution >= 4 is 0 Å². The van der Waals surface area contributed by atoms with Crippen molar-refractivity contribution < 1.29 is 0 Å². The molecule has 2 nitrogen and oxygen atoms in total. The SMILES string of the molecule is C=CCNN1CCCC1. The molecule has 1 aliphatic rings. The van der Waals surface area contributed by atoms with Crippen LogP contribution in [0.1, 0.15) is 12.8 Å². The average molecular weight is 126 g/mol. The van der Waals surface area contributed by atoms with Crippen molar-refractivity contribution in [2.45, 2.75) is 12.8 Å². The predicted octanol–water partition coefficient (Wildman–Crippen LogP) is 0.773. The number of hydrazine groups is 1. The standard InChI is InChI=1S/C7H14N2/c1-2-5-8-9-6-3-4-7-9/h2,8H,1,3-7H2. The van der Waals surface area contributed by atoms with E-state index in [4.69, 9.17) is 0 Å². The summed E-state index contributed by atoms with van der Waals surface area (Å²) in [7, 11) is 0. The van der Waals surface area contributed by atoms with Crippen LogP contribution in [0.3, 0.4) is 0 Å². The maximum absolute atomic E-state index is 3.63. The molecule has 0 atom stereocenters. The van der Waals surface area contributed by atoms with Gasteiger partial charge < -0.3 is 0 Å². The maximum Gasteiger partial charge on any atom is 0.0280 e. The molecule has 0 aliphatic carbocycles. The summed E-state index contributed by atoms with van der Waals surface area (Å²) < 4.78 is 0.